The summed E-state index contributed by atoms with van der Waals surface area (Å²) in [5.74, 6) is 0.925. The minimum atomic E-state index is 0.581. The summed E-state index contributed by atoms with van der Waals surface area (Å²) in [4.78, 5) is 0. The minimum absolute atomic E-state index is 0.581. The molecule has 0 atom stereocenters. The van der Waals surface area contributed by atoms with E-state index < -0.39 is 0 Å². The fraction of sp³-hybridized carbons (Fsp3) is 0.571. The molecular formula is C14H23NO3. The molecule has 0 aromatic heterocycles. The first-order chi connectivity index (χ1) is 8.88. The average Bonchev–Trinajstić information content (AvgIpc) is 2.40. The van der Waals surface area contributed by atoms with Crippen LogP contribution in [0.2, 0.25) is 0 Å². The molecule has 0 radical (unpaired) electrons. The zero-order valence-corrected chi connectivity index (χ0v) is 11.3. The maximum atomic E-state index is 5.67. The van der Waals surface area contributed by atoms with E-state index in [2.05, 4.69) is 11.4 Å². The van der Waals surface area contributed by atoms with Gasteiger partial charge in [-0.25, -0.2) is 0 Å². The summed E-state index contributed by atoms with van der Waals surface area (Å²) in [6.07, 6.45) is 1.02. The Morgan fingerprint density at radius 3 is 2.56 bits per heavy atom. The Bertz CT molecular complexity index is 318. The van der Waals surface area contributed by atoms with E-state index in [0.717, 1.165) is 31.9 Å². The van der Waals surface area contributed by atoms with Gasteiger partial charge in [-0.1, -0.05) is 18.2 Å². The molecule has 1 aromatic rings. The molecule has 0 heterocycles. The van der Waals surface area contributed by atoms with Gasteiger partial charge in [-0.05, 0) is 19.0 Å². The number of methoxy groups -OCH3 is 2. The lowest BCUT2D eigenvalue weighted by Gasteiger charge is -2.11. The van der Waals surface area contributed by atoms with Crippen LogP contribution < -0.4 is 10.1 Å². The Hall–Kier alpha value is -1.10. The van der Waals surface area contributed by atoms with E-state index in [0.29, 0.717) is 13.2 Å². The van der Waals surface area contributed by atoms with Crippen LogP contribution in [0.3, 0.4) is 0 Å². The van der Waals surface area contributed by atoms with Gasteiger partial charge in [0.05, 0.1) is 6.61 Å². The molecule has 0 fully saturated rings. The lowest BCUT2D eigenvalue weighted by atomic mass is 10.2. The Morgan fingerprint density at radius 2 is 1.78 bits per heavy atom. The van der Waals surface area contributed by atoms with E-state index in [4.69, 9.17) is 14.2 Å². The second kappa shape index (κ2) is 9.88. The number of benzene rings is 1. The van der Waals surface area contributed by atoms with Crippen molar-refractivity contribution in [1.29, 1.82) is 0 Å². The topological polar surface area (TPSA) is 39.7 Å². The zero-order valence-electron chi connectivity index (χ0n) is 11.3. The molecule has 4 nitrogen and oxygen atoms in total. The van der Waals surface area contributed by atoms with E-state index in [9.17, 15) is 0 Å². The Morgan fingerprint density at radius 1 is 1.00 bits per heavy atom. The average molecular weight is 253 g/mol. The second-order valence-corrected chi connectivity index (χ2v) is 3.97. The van der Waals surface area contributed by atoms with Crippen molar-refractivity contribution >= 4 is 0 Å². The van der Waals surface area contributed by atoms with Crippen molar-refractivity contribution in [3.05, 3.63) is 29.8 Å². The minimum Gasteiger partial charge on any atom is -0.491 e. The van der Waals surface area contributed by atoms with Crippen molar-refractivity contribution in [2.24, 2.45) is 0 Å². The summed E-state index contributed by atoms with van der Waals surface area (Å²) in [5.41, 5.74) is 1.17. The maximum absolute atomic E-state index is 5.67. The summed E-state index contributed by atoms with van der Waals surface area (Å²) in [5, 5.41) is 3.38. The third-order valence-corrected chi connectivity index (χ3v) is 2.54. The molecule has 102 valence electrons. The number of nitrogens with one attached hydrogen (secondary N) is 1. The smallest absolute Gasteiger partial charge is 0.123 e. The van der Waals surface area contributed by atoms with Crippen LogP contribution in [0, 0.1) is 0 Å². The monoisotopic (exact) mass is 253 g/mol. The van der Waals surface area contributed by atoms with E-state index >= 15 is 0 Å². The Labute approximate surface area is 109 Å². The molecule has 0 unspecified atom stereocenters. The normalized spacial score (nSPS) is 10.6. The van der Waals surface area contributed by atoms with Crippen molar-refractivity contribution in [1.82, 2.24) is 5.32 Å². The van der Waals surface area contributed by atoms with Crippen molar-refractivity contribution in [3.8, 4) is 5.75 Å². The molecule has 0 bridgehead atoms. The third-order valence-electron chi connectivity index (χ3n) is 2.54. The van der Waals surface area contributed by atoms with Crippen LogP contribution in [-0.2, 0) is 16.0 Å². The van der Waals surface area contributed by atoms with Gasteiger partial charge in [0, 0.05) is 32.9 Å². The molecule has 0 saturated carbocycles. The Balaban J connectivity index is 2.33. The highest BCUT2D eigenvalue weighted by Crippen LogP contribution is 2.17. The molecule has 0 aliphatic carbocycles. The fourth-order valence-electron chi connectivity index (χ4n) is 1.59. The first-order valence-corrected chi connectivity index (χ1v) is 6.27. The van der Waals surface area contributed by atoms with Crippen molar-refractivity contribution in [3.63, 3.8) is 0 Å². The van der Waals surface area contributed by atoms with Crippen molar-refractivity contribution < 1.29 is 14.2 Å². The highest BCUT2D eigenvalue weighted by Gasteiger charge is 2.02. The van der Waals surface area contributed by atoms with E-state index in [1.54, 1.807) is 14.2 Å². The summed E-state index contributed by atoms with van der Waals surface area (Å²) in [7, 11) is 3.39. The molecule has 0 amide bonds. The third kappa shape index (κ3) is 6.00. The lowest BCUT2D eigenvalue weighted by molar-refractivity contribution is 0.145. The summed E-state index contributed by atoms with van der Waals surface area (Å²) in [6, 6.07) is 8.07. The molecule has 0 saturated heterocycles. The molecule has 18 heavy (non-hydrogen) atoms. The fourth-order valence-corrected chi connectivity index (χ4v) is 1.59. The number of para-hydroxylation sites is 1. The van der Waals surface area contributed by atoms with Crippen LogP contribution in [-0.4, -0.2) is 40.6 Å². The number of ether oxygens (including phenoxy) is 3. The highest BCUT2D eigenvalue weighted by molar-refractivity contribution is 5.33. The van der Waals surface area contributed by atoms with E-state index in [-0.39, 0.29) is 0 Å². The molecule has 1 rings (SSSR count). The van der Waals surface area contributed by atoms with Crippen LogP contribution in [0.4, 0.5) is 0 Å². The van der Waals surface area contributed by atoms with Gasteiger partial charge in [-0.2, -0.15) is 0 Å². The number of rotatable bonds is 10. The van der Waals surface area contributed by atoms with Gasteiger partial charge < -0.3 is 19.5 Å². The van der Waals surface area contributed by atoms with Crippen LogP contribution in [0.1, 0.15) is 12.0 Å². The largest absolute Gasteiger partial charge is 0.491 e. The van der Waals surface area contributed by atoms with Gasteiger partial charge in [-0.3, -0.25) is 0 Å². The van der Waals surface area contributed by atoms with Gasteiger partial charge >= 0.3 is 0 Å². The van der Waals surface area contributed by atoms with Gasteiger partial charge in [0.2, 0.25) is 0 Å². The van der Waals surface area contributed by atoms with Crippen LogP contribution >= 0.6 is 0 Å². The molecule has 0 spiro atoms. The predicted octanol–water partition coefficient (Wildman–Crippen LogP) is 1.84. The molecule has 1 aromatic carbocycles. The predicted molar refractivity (Wildman–Crippen MR) is 72.0 cm³/mol. The first-order valence-electron chi connectivity index (χ1n) is 6.27. The van der Waals surface area contributed by atoms with Gasteiger partial charge in [-0.15, -0.1) is 0 Å². The zero-order chi connectivity index (χ0) is 13.1. The van der Waals surface area contributed by atoms with Crippen molar-refractivity contribution in [2.75, 3.05) is 40.6 Å². The highest BCUT2D eigenvalue weighted by atomic mass is 16.5. The lowest BCUT2D eigenvalue weighted by Crippen LogP contribution is -2.17. The number of hydrogen-bond donors (Lipinski definition) is 1. The van der Waals surface area contributed by atoms with Crippen LogP contribution in [0.15, 0.2) is 24.3 Å². The molecule has 4 heteroatoms. The summed E-state index contributed by atoms with van der Waals surface area (Å²) < 4.78 is 15.6. The first kappa shape index (κ1) is 15.0. The molecule has 0 aliphatic heterocycles. The van der Waals surface area contributed by atoms with Crippen LogP contribution in [0.5, 0.6) is 5.75 Å². The van der Waals surface area contributed by atoms with E-state index in [1.165, 1.54) is 5.56 Å². The molecule has 1 N–H and O–H groups in total. The van der Waals surface area contributed by atoms with Crippen LogP contribution in [0.25, 0.3) is 0 Å². The molecular weight excluding hydrogens is 230 g/mol. The standard InChI is InChI=1S/C14H23NO3/c1-16-9-5-8-15-12-13-6-3-4-7-14(13)18-11-10-17-2/h3-4,6-7,15H,5,8-12H2,1-2H3. The van der Waals surface area contributed by atoms with Gasteiger partial charge in [0.15, 0.2) is 0 Å². The Kier molecular flexibility index (Phi) is 8.21. The quantitative estimate of drug-likeness (QED) is 0.646. The summed E-state index contributed by atoms with van der Waals surface area (Å²) >= 11 is 0. The maximum Gasteiger partial charge on any atom is 0.123 e. The SMILES string of the molecule is COCCCNCc1ccccc1OCCOC. The summed E-state index contributed by atoms with van der Waals surface area (Å²) in [6.45, 7) is 3.74. The van der Waals surface area contributed by atoms with E-state index in [1.807, 2.05) is 18.2 Å². The van der Waals surface area contributed by atoms with Gasteiger partial charge in [0.1, 0.15) is 12.4 Å². The van der Waals surface area contributed by atoms with Crippen molar-refractivity contribution in [2.45, 2.75) is 13.0 Å². The number of hydrogen-bond acceptors (Lipinski definition) is 4. The molecule has 0 aliphatic rings. The second-order valence-electron chi connectivity index (χ2n) is 3.97. The van der Waals surface area contributed by atoms with Gasteiger partial charge in [0.25, 0.3) is 0 Å².